The number of halogens is 1. The average molecular weight is 324 g/mol. The first-order valence-corrected chi connectivity index (χ1v) is 8.45. The Morgan fingerprint density at radius 2 is 2.14 bits per heavy atom. The fourth-order valence-electron chi connectivity index (χ4n) is 2.91. The van der Waals surface area contributed by atoms with Crippen molar-refractivity contribution in [1.82, 2.24) is 4.90 Å². The molecule has 1 aromatic rings. The van der Waals surface area contributed by atoms with E-state index in [1.165, 1.54) is 11.1 Å². The molecule has 1 heterocycles. The molecule has 2 rings (SSSR count). The monoisotopic (exact) mass is 323 g/mol. The number of benzene rings is 1. The molecule has 0 N–H and O–H groups in total. The molecular weight excluding hydrogens is 298 g/mol. The van der Waals surface area contributed by atoms with E-state index in [0.29, 0.717) is 0 Å². The third kappa shape index (κ3) is 4.39. The highest BCUT2D eigenvalue weighted by molar-refractivity contribution is 6.31. The molecule has 1 atom stereocenters. The minimum Gasteiger partial charge on any atom is -0.444 e. The second-order valence-corrected chi connectivity index (χ2v) is 7.36. The molecule has 0 bridgehead atoms. The highest BCUT2D eigenvalue weighted by Gasteiger charge is 2.32. The summed E-state index contributed by atoms with van der Waals surface area (Å²) in [6.07, 6.45) is 3.66. The minimum atomic E-state index is -0.445. The molecule has 1 aliphatic heterocycles. The molecule has 0 aliphatic carbocycles. The maximum absolute atomic E-state index is 12.3. The van der Waals surface area contributed by atoms with Crippen molar-refractivity contribution >= 4 is 17.7 Å². The largest absolute Gasteiger partial charge is 0.444 e. The molecule has 122 valence electrons. The number of amides is 1. The van der Waals surface area contributed by atoms with Gasteiger partial charge in [0.25, 0.3) is 0 Å². The SMILES string of the molecule is CCc1cc(CC2CCCN2C(=O)OC(C)(C)C)ccc1Cl. The Morgan fingerprint density at radius 1 is 1.41 bits per heavy atom. The highest BCUT2D eigenvalue weighted by Crippen LogP contribution is 2.25. The molecule has 1 saturated heterocycles. The molecule has 1 unspecified atom stereocenters. The third-order valence-corrected chi connectivity index (χ3v) is 4.34. The van der Waals surface area contributed by atoms with Gasteiger partial charge in [-0.15, -0.1) is 0 Å². The normalized spacial score (nSPS) is 18.6. The first-order valence-electron chi connectivity index (χ1n) is 8.07. The zero-order valence-electron chi connectivity index (χ0n) is 14.0. The van der Waals surface area contributed by atoms with Gasteiger partial charge in [-0.25, -0.2) is 4.79 Å². The molecule has 1 aliphatic rings. The van der Waals surface area contributed by atoms with Gasteiger partial charge in [0.05, 0.1) is 0 Å². The van der Waals surface area contributed by atoms with Gasteiger partial charge >= 0.3 is 6.09 Å². The molecule has 22 heavy (non-hydrogen) atoms. The van der Waals surface area contributed by atoms with Gasteiger partial charge in [0.2, 0.25) is 0 Å². The molecule has 0 spiro atoms. The van der Waals surface area contributed by atoms with Crippen molar-refractivity contribution in [2.45, 2.75) is 65.0 Å². The van der Waals surface area contributed by atoms with Crippen LogP contribution in [0.5, 0.6) is 0 Å². The Bertz CT molecular complexity index is 536. The van der Waals surface area contributed by atoms with Crippen molar-refractivity contribution in [1.29, 1.82) is 0 Å². The summed E-state index contributed by atoms with van der Waals surface area (Å²) in [4.78, 5) is 14.2. The van der Waals surface area contributed by atoms with Crippen molar-refractivity contribution in [2.75, 3.05) is 6.54 Å². The average Bonchev–Trinajstić information content (AvgIpc) is 2.87. The second-order valence-electron chi connectivity index (χ2n) is 6.95. The van der Waals surface area contributed by atoms with E-state index in [0.717, 1.165) is 37.3 Å². The van der Waals surface area contributed by atoms with Crippen molar-refractivity contribution in [3.8, 4) is 0 Å². The van der Waals surface area contributed by atoms with E-state index in [2.05, 4.69) is 19.1 Å². The molecule has 1 fully saturated rings. The highest BCUT2D eigenvalue weighted by atomic mass is 35.5. The Balaban J connectivity index is 2.06. The molecule has 0 aromatic heterocycles. The third-order valence-electron chi connectivity index (χ3n) is 3.97. The molecular formula is C18H26ClNO2. The van der Waals surface area contributed by atoms with Gasteiger partial charge in [-0.3, -0.25) is 0 Å². The smallest absolute Gasteiger partial charge is 0.410 e. The number of ether oxygens (including phenoxy) is 1. The van der Waals surface area contributed by atoms with Crippen LogP contribution in [-0.2, 0) is 17.6 Å². The lowest BCUT2D eigenvalue weighted by Crippen LogP contribution is -2.40. The van der Waals surface area contributed by atoms with Gasteiger partial charge in [0.15, 0.2) is 0 Å². The van der Waals surface area contributed by atoms with E-state index in [9.17, 15) is 4.79 Å². The number of nitrogens with zero attached hydrogens (tertiary/aromatic N) is 1. The number of carbonyl (C=O) groups is 1. The standard InChI is InChI=1S/C18H26ClNO2/c1-5-14-11-13(8-9-16(14)19)12-15-7-6-10-20(15)17(21)22-18(2,3)4/h8-9,11,15H,5-7,10,12H2,1-4H3. The number of aryl methyl sites for hydroxylation is 1. The predicted molar refractivity (Wildman–Crippen MR) is 90.5 cm³/mol. The lowest BCUT2D eigenvalue weighted by Gasteiger charge is -2.28. The maximum Gasteiger partial charge on any atom is 0.410 e. The van der Waals surface area contributed by atoms with Gasteiger partial charge < -0.3 is 9.64 Å². The van der Waals surface area contributed by atoms with Crippen molar-refractivity contribution < 1.29 is 9.53 Å². The van der Waals surface area contributed by atoms with Gasteiger partial charge in [-0.2, -0.15) is 0 Å². The minimum absolute atomic E-state index is 0.195. The Hall–Kier alpha value is -1.22. The number of hydrogen-bond acceptors (Lipinski definition) is 2. The van der Waals surface area contributed by atoms with Crippen molar-refractivity contribution in [3.05, 3.63) is 34.3 Å². The molecule has 1 amide bonds. The first-order chi connectivity index (χ1) is 10.3. The summed E-state index contributed by atoms with van der Waals surface area (Å²) in [5, 5.41) is 0.821. The van der Waals surface area contributed by atoms with Crippen LogP contribution in [0.1, 0.15) is 51.7 Å². The lowest BCUT2D eigenvalue weighted by molar-refractivity contribution is 0.0227. The van der Waals surface area contributed by atoms with E-state index < -0.39 is 5.60 Å². The zero-order chi connectivity index (χ0) is 16.3. The topological polar surface area (TPSA) is 29.5 Å². The number of rotatable bonds is 3. The summed E-state index contributed by atoms with van der Waals surface area (Å²) in [7, 11) is 0. The van der Waals surface area contributed by atoms with E-state index in [1.54, 1.807) is 0 Å². The number of hydrogen-bond donors (Lipinski definition) is 0. The summed E-state index contributed by atoms with van der Waals surface area (Å²) in [5.41, 5.74) is 1.96. The second kappa shape index (κ2) is 6.91. The number of likely N-dealkylation sites (tertiary alicyclic amines) is 1. The van der Waals surface area contributed by atoms with E-state index in [1.807, 2.05) is 31.7 Å². The van der Waals surface area contributed by atoms with Crippen LogP contribution in [0.4, 0.5) is 4.79 Å². The van der Waals surface area contributed by atoms with Crippen LogP contribution >= 0.6 is 11.6 Å². The molecule has 1 aromatic carbocycles. The summed E-state index contributed by atoms with van der Waals surface area (Å²) >= 11 is 6.18. The summed E-state index contributed by atoms with van der Waals surface area (Å²) in [6, 6.07) is 6.41. The molecule has 3 nitrogen and oxygen atoms in total. The van der Waals surface area contributed by atoms with Crippen LogP contribution in [0.25, 0.3) is 0 Å². The fraction of sp³-hybridized carbons (Fsp3) is 0.611. The Kier molecular flexibility index (Phi) is 5.38. The quantitative estimate of drug-likeness (QED) is 0.796. The van der Waals surface area contributed by atoms with Gasteiger partial charge in [-0.1, -0.05) is 30.7 Å². The van der Waals surface area contributed by atoms with Crippen LogP contribution in [0.2, 0.25) is 5.02 Å². The Labute approximate surface area is 138 Å². The van der Waals surface area contributed by atoms with Gasteiger partial charge in [-0.05, 0) is 63.6 Å². The first kappa shape index (κ1) is 17.1. The van der Waals surface area contributed by atoms with Crippen LogP contribution in [0, 0.1) is 0 Å². The van der Waals surface area contributed by atoms with E-state index in [4.69, 9.17) is 16.3 Å². The van der Waals surface area contributed by atoms with Gasteiger partial charge in [0.1, 0.15) is 5.60 Å². The van der Waals surface area contributed by atoms with E-state index in [-0.39, 0.29) is 12.1 Å². The van der Waals surface area contributed by atoms with Crippen LogP contribution in [-0.4, -0.2) is 29.2 Å². The lowest BCUT2D eigenvalue weighted by atomic mass is 10.0. The summed E-state index contributed by atoms with van der Waals surface area (Å²) in [6.45, 7) is 8.61. The Morgan fingerprint density at radius 3 is 2.77 bits per heavy atom. The summed E-state index contributed by atoms with van der Waals surface area (Å²) < 4.78 is 5.52. The molecule has 4 heteroatoms. The van der Waals surface area contributed by atoms with Crippen LogP contribution in [0.15, 0.2) is 18.2 Å². The van der Waals surface area contributed by atoms with Crippen LogP contribution in [0.3, 0.4) is 0 Å². The van der Waals surface area contributed by atoms with Gasteiger partial charge in [0, 0.05) is 17.6 Å². The van der Waals surface area contributed by atoms with Crippen molar-refractivity contribution in [3.63, 3.8) is 0 Å². The predicted octanol–water partition coefficient (Wildman–Crippen LogP) is 4.84. The number of carbonyl (C=O) groups excluding carboxylic acids is 1. The molecule has 0 radical (unpaired) electrons. The van der Waals surface area contributed by atoms with E-state index >= 15 is 0 Å². The maximum atomic E-state index is 12.3. The van der Waals surface area contributed by atoms with Crippen LogP contribution < -0.4 is 0 Å². The molecule has 0 saturated carbocycles. The zero-order valence-corrected chi connectivity index (χ0v) is 14.7. The van der Waals surface area contributed by atoms with Crippen molar-refractivity contribution in [2.24, 2.45) is 0 Å². The fourth-order valence-corrected chi connectivity index (χ4v) is 3.16. The summed E-state index contributed by atoms with van der Waals surface area (Å²) in [5.74, 6) is 0.